The van der Waals surface area contributed by atoms with Crippen LogP contribution < -0.4 is 10.6 Å². The maximum absolute atomic E-state index is 12.6. The number of aryl methyl sites for hydroxylation is 2. The number of rotatable bonds is 6. The highest BCUT2D eigenvalue weighted by Crippen LogP contribution is 2.15. The summed E-state index contributed by atoms with van der Waals surface area (Å²) in [6.45, 7) is 6.07. The van der Waals surface area contributed by atoms with Crippen LogP contribution in [0.25, 0.3) is 0 Å². The molecule has 6 nitrogen and oxygen atoms in total. The molecular formula is C18H21ClN4O2. The molecule has 0 aliphatic heterocycles. The van der Waals surface area contributed by atoms with Crippen LogP contribution in [0.1, 0.15) is 52.1 Å². The zero-order valence-electron chi connectivity index (χ0n) is 14.5. The molecule has 0 radical (unpaired) electrons. The Kier molecular flexibility index (Phi) is 6.47. The number of anilines is 1. The number of benzene rings is 1. The van der Waals surface area contributed by atoms with Gasteiger partial charge >= 0.3 is 0 Å². The monoisotopic (exact) mass is 360 g/mol. The lowest BCUT2D eigenvalue weighted by molar-refractivity contribution is 0.0932. The summed E-state index contributed by atoms with van der Waals surface area (Å²) in [6.07, 6.45) is 1.82. The molecule has 1 aromatic carbocycles. The number of hydrogen-bond acceptors (Lipinski definition) is 4. The zero-order chi connectivity index (χ0) is 18.4. The van der Waals surface area contributed by atoms with E-state index in [1.807, 2.05) is 6.92 Å². The van der Waals surface area contributed by atoms with Crippen LogP contribution in [0.15, 0.2) is 24.3 Å². The molecule has 132 valence electrons. The molecule has 0 atom stereocenters. The second-order valence-corrected chi connectivity index (χ2v) is 6.10. The molecule has 2 N–H and O–H groups in total. The van der Waals surface area contributed by atoms with Gasteiger partial charge in [-0.3, -0.25) is 9.59 Å². The van der Waals surface area contributed by atoms with Gasteiger partial charge in [-0.05, 0) is 44.5 Å². The van der Waals surface area contributed by atoms with E-state index < -0.39 is 11.8 Å². The first-order chi connectivity index (χ1) is 11.9. The molecule has 0 aliphatic carbocycles. The van der Waals surface area contributed by atoms with Gasteiger partial charge in [-0.1, -0.05) is 24.9 Å². The second kappa shape index (κ2) is 8.58. The summed E-state index contributed by atoms with van der Waals surface area (Å²) in [6, 6.07) is 6.69. The van der Waals surface area contributed by atoms with Gasteiger partial charge in [0.2, 0.25) is 0 Å². The predicted octanol–water partition coefficient (Wildman–Crippen LogP) is 3.53. The van der Waals surface area contributed by atoms with Crippen LogP contribution >= 0.6 is 11.6 Å². The fourth-order valence-electron chi connectivity index (χ4n) is 2.11. The molecule has 0 bridgehead atoms. The Bertz CT molecular complexity index is 775. The lowest BCUT2D eigenvalue weighted by Crippen LogP contribution is -2.30. The van der Waals surface area contributed by atoms with Crippen molar-refractivity contribution >= 4 is 29.1 Å². The molecule has 0 unspecified atom stereocenters. The minimum atomic E-state index is -0.487. The van der Waals surface area contributed by atoms with Crippen LogP contribution in [0, 0.1) is 13.8 Å². The Morgan fingerprint density at radius 1 is 1.00 bits per heavy atom. The minimum Gasteiger partial charge on any atom is -0.351 e. The maximum atomic E-state index is 12.6. The Labute approximate surface area is 152 Å². The fourth-order valence-corrected chi connectivity index (χ4v) is 2.23. The molecule has 7 heteroatoms. The molecule has 2 amide bonds. The fraction of sp³-hybridized carbons (Fsp3) is 0.333. The number of amides is 2. The van der Waals surface area contributed by atoms with E-state index in [4.69, 9.17) is 11.6 Å². The van der Waals surface area contributed by atoms with Crippen LogP contribution in [0.3, 0.4) is 0 Å². The standard InChI is InChI=1S/C18H21ClN4O2/c1-4-5-10-20-17(24)15-16(22-12(3)11(2)21-15)18(25)23-14-8-6-13(19)7-9-14/h6-9H,4-5,10H2,1-3H3,(H,20,24)(H,23,25). The van der Waals surface area contributed by atoms with E-state index in [1.54, 1.807) is 38.1 Å². The van der Waals surface area contributed by atoms with Gasteiger partial charge in [0, 0.05) is 17.3 Å². The number of halogens is 1. The third-order valence-electron chi connectivity index (χ3n) is 3.66. The van der Waals surface area contributed by atoms with Crippen LogP contribution in [-0.4, -0.2) is 28.3 Å². The molecule has 0 spiro atoms. The number of unbranched alkanes of at least 4 members (excludes halogenated alkanes) is 1. The van der Waals surface area contributed by atoms with Crippen molar-refractivity contribution in [1.82, 2.24) is 15.3 Å². The Hall–Kier alpha value is -2.47. The van der Waals surface area contributed by atoms with Crippen LogP contribution in [-0.2, 0) is 0 Å². The molecule has 0 aliphatic rings. The largest absolute Gasteiger partial charge is 0.351 e. The van der Waals surface area contributed by atoms with Crippen molar-refractivity contribution in [2.24, 2.45) is 0 Å². The highest BCUT2D eigenvalue weighted by molar-refractivity contribution is 6.30. The number of nitrogens with zero attached hydrogens (tertiary/aromatic N) is 2. The normalized spacial score (nSPS) is 10.4. The second-order valence-electron chi connectivity index (χ2n) is 5.66. The first-order valence-electron chi connectivity index (χ1n) is 8.12. The summed E-state index contributed by atoms with van der Waals surface area (Å²) in [5, 5.41) is 6.06. The van der Waals surface area contributed by atoms with Crippen LogP contribution in [0.5, 0.6) is 0 Å². The van der Waals surface area contributed by atoms with Crippen LogP contribution in [0.2, 0.25) is 5.02 Å². The highest BCUT2D eigenvalue weighted by atomic mass is 35.5. The lowest BCUT2D eigenvalue weighted by atomic mass is 10.2. The third-order valence-corrected chi connectivity index (χ3v) is 3.91. The molecule has 1 heterocycles. The predicted molar refractivity (Wildman–Crippen MR) is 98.2 cm³/mol. The SMILES string of the molecule is CCCCNC(=O)c1nc(C)c(C)nc1C(=O)Nc1ccc(Cl)cc1. The van der Waals surface area contributed by atoms with Crippen molar-refractivity contribution in [3.8, 4) is 0 Å². The third kappa shape index (κ3) is 5.00. The molecule has 0 saturated carbocycles. The van der Waals surface area contributed by atoms with Crippen molar-refractivity contribution in [3.05, 3.63) is 52.1 Å². The first kappa shape index (κ1) is 18.9. The quantitative estimate of drug-likeness (QED) is 0.772. The molecule has 2 aromatic rings. The number of nitrogens with one attached hydrogen (secondary N) is 2. The number of carbonyl (C=O) groups excluding carboxylic acids is 2. The average molecular weight is 361 g/mol. The van der Waals surface area contributed by atoms with Gasteiger partial charge in [-0.2, -0.15) is 0 Å². The number of aromatic nitrogens is 2. The first-order valence-corrected chi connectivity index (χ1v) is 8.50. The van der Waals surface area contributed by atoms with Gasteiger partial charge < -0.3 is 10.6 Å². The van der Waals surface area contributed by atoms with E-state index in [0.717, 1.165) is 12.8 Å². The lowest BCUT2D eigenvalue weighted by Gasteiger charge is -2.11. The van der Waals surface area contributed by atoms with Gasteiger partial charge in [-0.25, -0.2) is 9.97 Å². The van der Waals surface area contributed by atoms with Crippen molar-refractivity contribution < 1.29 is 9.59 Å². The maximum Gasteiger partial charge on any atom is 0.276 e. The molecule has 1 aromatic heterocycles. The smallest absolute Gasteiger partial charge is 0.276 e. The van der Waals surface area contributed by atoms with Gasteiger partial charge in [0.15, 0.2) is 11.4 Å². The summed E-state index contributed by atoms with van der Waals surface area (Å²) in [7, 11) is 0. The average Bonchev–Trinajstić information content (AvgIpc) is 2.59. The number of carbonyl (C=O) groups is 2. The summed E-state index contributed by atoms with van der Waals surface area (Å²) in [5.41, 5.74) is 1.82. The van der Waals surface area contributed by atoms with E-state index in [0.29, 0.717) is 28.6 Å². The van der Waals surface area contributed by atoms with Crippen molar-refractivity contribution in [2.45, 2.75) is 33.6 Å². The van der Waals surface area contributed by atoms with Crippen molar-refractivity contribution in [3.63, 3.8) is 0 Å². The Balaban J connectivity index is 2.28. The summed E-state index contributed by atoms with van der Waals surface area (Å²) in [4.78, 5) is 33.5. The van der Waals surface area contributed by atoms with Gasteiger partial charge in [-0.15, -0.1) is 0 Å². The van der Waals surface area contributed by atoms with E-state index >= 15 is 0 Å². The molecule has 0 fully saturated rings. The Morgan fingerprint density at radius 2 is 1.56 bits per heavy atom. The molecule has 2 rings (SSSR count). The van der Waals surface area contributed by atoms with E-state index in [9.17, 15) is 9.59 Å². The topological polar surface area (TPSA) is 84.0 Å². The summed E-state index contributed by atoms with van der Waals surface area (Å²) < 4.78 is 0. The molecular weight excluding hydrogens is 340 g/mol. The summed E-state index contributed by atoms with van der Waals surface area (Å²) in [5.74, 6) is -0.885. The minimum absolute atomic E-state index is 0.00653. The van der Waals surface area contributed by atoms with Gasteiger partial charge in [0.25, 0.3) is 11.8 Å². The van der Waals surface area contributed by atoms with Crippen molar-refractivity contribution in [1.29, 1.82) is 0 Å². The zero-order valence-corrected chi connectivity index (χ0v) is 15.3. The van der Waals surface area contributed by atoms with Gasteiger partial charge in [0.1, 0.15) is 0 Å². The summed E-state index contributed by atoms with van der Waals surface area (Å²) >= 11 is 5.84. The van der Waals surface area contributed by atoms with Crippen LogP contribution in [0.4, 0.5) is 5.69 Å². The van der Waals surface area contributed by atoms with Gasteiger partial charge in [0.05, 0.1) is 11.4 Å². The molecule has 0 saturated heterocycles. The van der Waals surface area contributed by atoms with E-state index in [-0.39, 0.29) is 11.4 Å². The highest BCUT2D eigenvalue weighted by Gasteiger charge is 2.22. The van der Waals surface area contributed by atoms with Crippen molar-refractivity contribution in [2.75, 3.05) is 11.9 Å². The molecule has 25 heavy (non-hydrogen) atoms. The van der Waals surface area contributed by atoms with E-state index in [1.165, 1.54) is 0 Å². The Morgan fingerprint density at radius 3 is 2.12 bits per heavy atom. The van der Waals surface area contributed by atoms with E-state index in [2.05, 4.69) is 20.6 Å². The number of hydrogen-bond donors (Lipinski definition) is 2.